The second-order valence-electron chi connectivity index (χ2n) is 10.7. The van der Waals surface area contributed by atoms with Crippen LogP contribution < -0.4 is 19.8 Å². The van der Waals surface area contributed by atoms with Crippen LogP contribution in [0.4, 0.5) is 40.6 Å². The topological polar surface area (TPSA) is 115 Å². The standard InChI is InChI=1S/C27H31F4N5O4S/c28-24(29)18-6-12-35(13-7-18)21-16-19(34-41(39,40)26(17-37)8-9-26)4-5-20(21)25(38)33-22-2-1-3-23(32-22)36-14-10-27(30,31)11-15-36/h1-5,16,34,37H,6-15,17H2,(H,32,33,38). The number of amides is 1. The number of aliphatic hydroxyl groups is 1. The molecule has 3 N–H and O–H groups in total. The highest BCUT2D eigenvalue weighted by atomic mass is 32.2. The molecule has 14 heteroatoms. The summed E-state index contributed by atoms with van der Waals surface area (Å²) >= 11 is 0. The smallest absolute Gasteiger partial charge is 0.269 e. The lowest BCUT2D eigenvalue weighted by atomic mass is 10.0. The molecule has 9 nitrogen and oxygen atoms in total. The summed E-state index contributed by atoms with van der Waals surface area (Å²) in [4.78, 5) is 21.3. The number of rotatable bonds is 8. The number of piperidine rings is 2. The second kappa shape index (κ2) is 11.1. The van der Waals surface area contributed by atoms with E-state index in [9.17, 15) is 35.9 Å². The van der Waals surface area contributed by atoms with Gasteiger partial charge in [0.25, 0.3) is 17.9 Å². The van der Waals surface area contributed by atoms with Gasteiger partial charge in [-0.25, -0.2) is 22.2 Å². The number of pyridine rings is 1. The maximum absolute atomic E-state index is 13.6. The van der Waals surface area contributed by atoms with E-state index < -0.39 is 39.3 Å². The molecule has 1 saturated carbocycles. The number of alkyl halides is 2. The van der Waals surface area contributed by atoms with E-state index in [1.807, 2.05) is 0 Å². The van der Waals surface area contributed by atoms with Crippen molar-refractivity contribution in [3.63, 3.8) is 0 Å². The van der Waals surface area contributed by atoms with Gasteiger partial charge in [0.05, 0.1) is 23.5 Å². The zero-order valence-electron chi connectivity index (χ0n) is 22.2. The van der Waals surface area contributed by atoms with Gasteiger partial charge in [-0.2, -0.15) is 8.78 Å². The van der Waals surface area contributed by atoms with Crippen molar-refractivity contribution in [1.82, 2.24) is 4.98 Å². The Bertz CT molecular complexity index is 1440. The summed E-state index contributed by atoms with van der Waals surface area (Å²) in [5, 5.41) is 12.3. The fourth-order valence-electron chi connectivity index (χ4n) is 5.09. The summed E-state index contributed by atoms with van der Waals surface area (Å²) in [6, 6.07) is 9.25. The number of carbonyl (C=O) groups is 1. The van der Waals surface area contributed by atoms with E-state index in [0.717, 1.165) is 0 Å². The molecule has 41 heavy (non-hydrogen) atoms. The number of hydrogen-bond acceptors (Lipinski definition) is 7. The van der Waals surface area contributed by atoms with Gasteiger partial charge in [0.1, 0.15) is 16.4 Å². The molecule has 1 aromatic carbocycles. The quantitative estimate of drug-likeness (QED) is 0.382. The summed E-state index contributed by atoms with van der Waals surface area (Å²) in [6.07, 6.45) is -1.46. The minimum absolute atomic E-state index is 0.0409. The SMILES string of the molecule is O=C(Nc1cccc(N2CCC(F)(F)CC2)n1)c1ccc(NS(=O)(=O)C2(CO)CC2)cc1N1CCC(=C(F)F)CC1. The molecule has 3 fully saturated rings. The third kappa shape index (κ3) is 6.27. The Morgan fingerprint density at radius 2 is 1.66 bits per heavy atom. The number of benzene rings is 1. The van der Waals surface area contributed by atoms with Crippen LogP contribution in [0.3, 0.4) is 0 Å². The zero-order chi connectivity index (χ0) is 29.4. The molecular weight excluding hydrogens is 566 g/mol. The summed E-state index contributed by atoms with van der Waals surface area (Å²) in [5.74, 6) is -2.62. The van der Waals surface area contributed by atoms with E-state index in [2.05, 4.69) is 15.0 Å². The third-order valence-electron chi connectivity index (χ3n) is 7.93. The van der Waals surface area contributed by atoms with Crippen molar-refractivity contribution in [3.8, 4) is 0 Å². The highest BCUT2D eigenvalue weighted by Crippen LogP contribution is 2.44. The van der Waals surface area contributed by atoms with Crippen LogP contribution >= 0.6 is 0 Å². The maximum Gasteiger partial charge on any atom is 0.269 e. The minimum atomic E-state index is -3.91. The number of carbonyl (C=O) groups excluding carboxylic acids is 1. The van der Waals surface area contributed by atoms with E-state index in [4.69, 9.17) is 0 Å². The van der Waals surface area contributed by atoms with Gasteiger partial charge in [-0.05, 0) is 61.6 Å². The van der Waals surface area contributed by atoms with Gasteiger partial charge in [0, 0.05) is 39.0 Å². The Balaban J connectivity index is 1.39. The number of nitrogens with zero attached hydrogens (tertiary/aromatic N) is 3. The van der Waals surface area contributed by atoms with Crippen LogP contribution in [0.2, 0.25) is 0 Å². The number of hydrogen-bond donors (Lipinski definition) is 3. The van der Waals surface area contributed by atoms with Crippen LogP contribution in [0, 0.1) is 0 Å². The van der Waals surface area contributed by atoms with Gasteiger partial charge in [0.15, 0.2) is 0 Å². The monoisotopic (exact) mass is 597 g/mol. The van der Waals surface area contributed by atoms with Crippen molar-refractivity contribution in [3.05, 3.63) is 53.6 Å². The molecule has 0 radical (unpaired) electrons. The van der Waals surface area contributed by atoms with Gasteiger partial charge < -0.3 is 20.2 Å². The Hall–Kier alpha value is -3.39. The molecule has 1 aliphatic carbocycles. The number of sulfonamides is 1. The first-order valence-electron chi connectivity index (χ1n) is 13.4. The third-order valence-corrected chi connectivity index (χ3v) is 10.1. The van der Waals surface area contributed by atoms with E-state index in [1.54, 1.807) is 28.0 Å². The normalized spacial score (nSPS) is 20.0. The maximum atomic E-state index is 13.6. The first-order valence-corrected chi connectivity index (χ1v) is 14.9. The Morgan fingerprint density at radius 1 is 0.976 bits per heavy atom. The van der Waals surface area contributed by atoms with Crippen molar-refractivity contribution < 1.29 is 35.9 Å². The van der Waals surface area contributed by atoms with Crippen LogP contribution in [-0.2, 0) is 10.0 Å². The molecule has 5 rings (SSSR count). The molecule has 2 aromatic rings. The highest BCUT2D eigenvalue weighted by Gasteiger charge is 2.54. The Kier molecular flexibility index (Phi) is 7.90. The lowest BCUT2D eigenvalue weighted by molar-refractivity contribution is -0.0221. The largest absolute Gasteiger partial charge is 0.395 e. The van der Waals surface area contributed by atoms with Gasteiger partial charge in [0.2, 0.25) is 10.0 Å². The molecule has 2 aliphatic heterocycles. The molecule has 0 spiro atoms. The van der Waals surface area contributed by atoms with E-state index in [-0.39, 0.29) is 74.5 Å². The molecule has 2 saturated heterocycles. The zero-order valence-corrected chi connectivity index (χ0v) is 23.0. The van der Waals surface area contributed by atoms with Crippen LogP contribution in [0.1, 0.15) is 48.9 Å². The molecule has 222 valence electrons. The van der Waals surface area contributed by atoms with Crippen molar-refractivity contribution >= 4 is 38.9 Å². The van der Waals surface area contributed by atoms with Gasteiger partial charge in [-0.3, -0.25) is 9.52 Å². The van der Waals surface area contributed by atoms with Crippen LogP contribution in [0.25, 0.3) is 0 Å². The molecule has 1 amide bonds. The van der Waals surface area contributed by atoms with Crippen molar-refractivity contribution in [2.24, 2.45) is 0 Å². The predicted octanol–water partition coefficient (Wildman–Crippen LogP) is 4.59. The van der Waals surface area contributed by atoms with E-state index in [0.29, 0.717) is 24.3 Å². The predicted molar refractivity (Wildman–Crippen MR) is 147 cm³/mol. The summed E-state index contributed by atoms with van der Waals surface area (Å²) in [6.45, 7) is 0.120. The number of nitrogens with one attached hydrogen (secondary N) is 2. The average molecular weight is 598 g/mol. The molecule has 0 bridgehead atoms. The molecule has 0 unspecified atom stereocenters. The first kappa shape index (κ1) is 29.1. The number of halogens is 4. The van der Waals surface area contributed by atoms with E-state index in [1.165, 1.54) is 18.2 Å². The van der Waals surface area contributed by atoms with Crippen molar-refractivity contribution in [2.75, 3.05) is 52.6 Å². The Labute approximate surface area is 235 Å². The van der Waals surface area contributed by atoms with Crippen LogP contribution in [-0.4, -0.2) is 67.9 Å². The molecule has 1 aromatic heterocycles. The second-order valence-corrected chi connectivity index (χ2v) is 12.8. The van der Waals surface area contributed by atoms with Gasteiger partial charge >= 0.3 is 0 Å². The summed E-state index contributed by atoms with van der Waals surface area (Å²) < 4.78 is 80.5. The fourth-order valence-corrected chi connectivity index (χ4v) is 6.55. The number of aliphatic hydroxyl groups excluding tert-OH is 1. The average Bonchev–Trinajstić information content (AvgIpc) is 3.75. The van der Waals surface area contributed by atoms with Gasteiger partial charge in [-0.1, -0.05) is 6.07 Å². The lowest BCUT2D eigenvalue weighted by Crippen LogP contribution is -2.39. The summed E-state index contributed by atoms with van der Waals surface area (Å²) in [7, 11) is -3.91. The Morgan fingerprint density at radius 3 is 2.27 bits per heavy atom. The van der Waals surface area contributed by atoms with Crippen molar-refractivity contribution in [1.29, 1.82) is 0 Å². The van der Waals surface area contributed by atoms with Crippen LogP contribution in [0.5, 0.6) is 0 Å². The summed E-state index contributed by atoms with van der Waals surface area (Å²) in [5.41, 5.74) is 0.744. The molecule has 0 atom stereocenters. The van der Waals surface area contributed by atoms with Crippen molar-refractivity contribution in [2.45, 2.75) is 49.2 Å². The van der Waals surface area contributed by atoms with E-state index >= 15 is 0 Å². The minimum Gasteiger partial charge on any atom is -0.395 e. The number of anilines is 4. The fraction of sp³-hybridized carbons (Fsp3) is 0.481. The number of aromatic nitrogens is 1. The molecule has 3 heterocycles. The first-order chi connectivity index (χ1) is 19.4. The van der Waals surface area contributed by atoms with Crippen LogP contribution in [0.15, 0.2) is 48.1 Å². The lowest BCUT2D eigenvalue weighted by Gasteiger charge is -2.32. The highest BCUT2D eigenvalue weighted by molar-refractivity contribution is 7.94. The van der Waals surface area contributed by atoms with Gasteiger partial charge in [-0.15, -0.1) is 0 Å². The molecule has 3 aliphatic rings. The molecular formula is C27H31F4N5O4S.